The lowest BCUT2D eigenvalue weighted by Gasteiger charge is -2.14. The number of aliphatic hydroxyl groups excluding tert-OH is 1. The third kappa shape index (κ3) is 4.03. The molecule has 19 heavy (non-hydrogen) atoms. The summed E-state index contributed by atoms with van der Waals surface area (Å²) >= 11 is 0. The van der Waals surface area contributed by atoms with Crippen LogP contribution in [0.2, 0.25) is 0 Å². The number of Topliss-reactive ketones (excluding diaryl/α,β-unsaturated/α-hetero) is 1. The summed E-state index contributed by atoms with van der Waals surface area (Å²) in [7, 11) is 1.47. The van der Waals surface area contributed by atoms with Crippen LogP contribution < -0.4 is 4.74 Å². The number of ether oxygens (including phenoxy) is 1. The van der Waals surface area contributed by atoms with Crippen LogP contribution in [0.15, 0.2) is 18.2 Å². The van der Waals surface area contributed by atoms with Crippen LogP contribution in [-0.4, -0.2) is 29.5 Å². The molecule has 0 bridgehead atoms. The Bertz CT molecular complexity index is 472. The first-order valence-electron chi connectivity index (χ1n) is 5.92. The van der Waals surface area contributed by atoms with Gasteiger partial charge in [0.2, 0.25) is 0 Å². The zero-order chi connectivity index (χ0) is 14.4. The third-order valence-corrected chi connectivity index (χ3v) is 2.99. The number of carbonyl (C=O) groups is 1. The van der Waals surface area contributed by atoms with Crippen LogP contribution in [0.25, 0.3) is 0 Å². The number of methoxy groups -OCH3 is 1. The Hall–Kier alpha value is -1.95. The number of aliphatic hydroxyl groups is 1. The smallest absolute Gasteiger partial charge is 0.269 e. The highest BCUT2D eigenvalue weighted by Crippen LogP contribution is 2.27. The zero-order valence-electron chi connectivity index (χ0n) is 11.0. The van der Waals surface area contributed by atoms with Gasteiger partial charge in [-0.1, -0.05) is 0 Å². The molecule has 0 spiro atoms. The molecule has 104 valence electrons. The first-order valence-corrected chi connectivity index (χ1v) is 5.92. The average Bonchev–Trinajstić information content (AvgIpc) is 2.37. The molecule has 0 fully saturated rings. The molecule has 1 N–H and O–H groups in total. The number of non-ortho nitro benzene ring substituents is 1. The van der Waals surface area contributed by atoms with E-state index in [0.29, 0.717) is 24.2 Å². The van der Waals surface area contributed by atoms with E-state index in [4.69, 9.17) is 9.84 Å². The summed E-state index contributed by atoms with van der Waals surface area (Å²) < 4.78 is 5.14. The number of nitro benzene ring substituents is 1. The van der Waals surface area contributed by atoms with E-state index in [0.717, 1.165) is 0 Å². The highest BCUT2D eigenvalue weighted by Gasteiger charge is 2.19. The molecule has 0 aliphatic heterocycles. The average molecular weight is 267 g/mol. The molecule has 1 atom stereocenters. The lowest BCUT2D eigenvalue weighted by Crippen LogP contribution is -2.16. The summed E-state index contributed by atoms with van der Waals surface area (Å²) in [5.41, 5.74) is 0.562. The van der Waals surface area contributed by atoms with Crippen molar-refractivity contribution in [3.63, 3.8) is 0 Å². The predicted molar refractivity (Wildman–Crippen MR) is 69.2 cm³/mol. The van der Waals surface area contributed by atoms with Gasteiger partial charge in [-0.05, 0) is 25.8 Å². The molecule has 0 saturated heterocycles. The largest absolute Gasteiger partial charge is 0.496 e. The first kappa shape index (κ1) is 15.1. The van der Waals surface area contributed by atoms with Gasteiger partial charge >= 0.3 is 0 Å². The Morgan fingerprint density at radius 2 is 2.21 bits per heavy atom. The van der Waals surface area contributed by atoms with E-state index in [-0.39, 0.29) is 24.0 Å². The zero-order valence-corrected chi connectivity index (χ0v) is 11.0. The topological polar surface area (TPSA) is 89.7 Å². The molecule has 1 aromatic carbocycles. The number of benzene rings is 1. The van der Waals surface area contributed by atoms with Crippen LogP contribution in [0.1, 0.15) is 18.9 Å². The molecule has 0 saturated carbocycles. The maximum Gasteiger partial charge on any atom is 0.269 e. The van der Waals surface area contributed by atoms with Crippen molar-refractivity contribution in [3.05, 3.63) is 33.9 Å². The molecule has 1 unspecified atom stereocenters. The van der Waals surface area contributed by atoms with E-state index in [1.807, 2.05) is 0 Å². The molecular formula is C13H17NO5. The van der Waals surface area contributed by atoms with Crippen LogP contribution in [0.5, 0.6) is 5.75 Å². The van der Waals surface area contributed by atoms with Crippen LogP contribution in [0, 0.1) is 16.0 Å². The molecule has 0 aromatic heterocycles. The number of hydrogen-bond donors (Lipinski definition) is 1. The molecule has 0 aliphatic rings. The Morgan fingerprint density at radius 1 is 1.53 bits per heavy atom. The monoisotopic (exact) mass is 267 g/mol. The van der Waals surface area contributed by atoms with Crippen LogP contribution >= 0.6 is 0 Å². The second-order valence-electron chi connectivity index (χ2n) is 4.28. The maximum atomic E-state index is 11.5. The molecule has 1 aromatic rings. The number of nitrogens with zero attached hydrogens (tertiary/aromatic N) is 1. The number of nitro groups is 1. The molecule has 1 rings (SSSR count). The quantitative estimate of drug-likeness (QED) is 0.600. The fourth-order valence-electron chi connectivity index (χ4n) is 1.91. The van der Waals surface area contributed by atoms with Gasteiger partial charge in [-0.25, -0.2) is 0 Å². The second kappa shape index (κ2) is 6.84. The molecule has 0 heterocycles. The van der Waals surface area contributed by atoms with Gasteiger partial charge in [-0.15, -0.1) is 0 Å². The van der Waals surface area contributed by atoms with E-state index in [1.54, 1.807) is 0 Å². The summed E-state index contributed by atoms with van der Waals surface area (Å²) in [4.78, 5) is 21.7. The van der Waals surface area contributed by atoms with Gasteiger partial charge < -0.3 is 9.84 Å². The first-order chi connectivity index (χ1) is 8.99. The van der Waals surface area contributed by atoms with Gasteiger partial charge in [-0.2, -0.15) is 0 Å². The van der Waals surface area contributed by atoms with Crippen molar-refractivity contribution in [2.75, 3.05) is 13.7 Å². The Balaban J connectivity index is 3.05. The Labute approximate surface area is 111 Å². The highest BCUT2D eigenvalue weighted by atomic mass is 16.6. The van der Waals surface area contributed by atoms with Crippen molar-refractivity contribution in [1.82, 2.24) is 0 Å². The minimum Gasteiger partial charge on any atom is -0.496 e. The number of ketones is 1. The van der Waals surface area contributed by atoms with Gasteiger partial charge in [0, 0.05) is 30.2 Å². The maximum absolute atomic E-state index is 11.5. The van der Waals surface area contributed by atoms with E-state index in [1.165, 1.54) is 32.2 Å². The van der Waals surface area contributed by atoms with E-state index in [2.05, 4.69) is 0 Å². The van der Waals surface area contributed by atoms with Gasteiger partial charge in [0.15, 0.2) is 0 Å². The lowest BCUT2D eigenvalue weighted by molar-refractivity contribution is -0.384. The van der Waals surface area contributed by atoms with Crippen molar-refractivity contribution in [2.45, 2.75) is 19.8 Å². The van der Waals surface area contributed by atoms with Gasteiger partial charge in [-0.3, -0.25) is 14.9 Å². The minimum absolute atomic E-state index is 0.0397. The predicted octanol–water partition coefficient (Wildman–Crippen LogP) is 1.73. The SMILES string of the molecule is COc1ccc([N+](=O)[O-])cc1CC(CCO)C(C)=O. The molecular weight excluding hydrogens is 250 g/mol. The van der Waals surface area contributed by atoms with Crippen molar-refractivity contribution >= 4 is 11.5 Å². The summed E-state index contributed by atoms with van der Waals surface area (Å²) in [6.07, 6.45) is 0.655. The highest BCUT2D eigenvalue weighted by molar-refractivity contribution is 5.78. The normalized spacial score (nSPS) is 11.9. The van der Waals surface area contributed by atoms with Crippen molar-refractivity contribution in [2.24, 2.45) is 5.92 Å². The van der Waals surface area contributed by atoms with Gasteiger partial charge in [0.1, 0.15) is 11.5 Å². The van der Waals surface area contributed by atoms with Crippen molar-refractivity contribution in [3.8, 4) is 5.75 Å². The lowest BCUT2D eigenvalue weighted by atomic mass is 9.92. The third-order valence-electron chi connectivity index (χ3n) is 2.99. The van der Waals surface area contributed by atoms with Crippen molar-refractivity contribution in [1.29, 1.82) is 0 Å². The van der Waals surface area contributed by atoms with Crippen LogP contribution in [0.4, 0.5) is 5.69 Å². The van der Waals surface area contributed by atoms with Gasteiger partial charge in [0.05, 0.1) is 12.0 Å². The van der Waals surface area contributed by atoms with Crippen molar-refractivity contribution < 1.29 is 19.6 Å². The second-order valence-corrected chi connectivity index (χ2v) is 4.28. The van der Waals surface area contributed by atoms with E-state index >= 15 is 0 Å². The fourth-order valence-corrected chi connectivity index (χ4v) is 1.91. The summed E-state index contributed by atoms with van der Waals surface area (Å²) in [5, 5.41) is 19.7. The minimum atomic E-state index is -0.488. The molecule has 0 radical (unpaired) electrons. The molecule has 6 heteroatoms. The van der Waals surface area contributed by atoms with Gasteiger partial charge in [0.25, 0.3) is 5.69 Å². The van der Waals surface area contributed by atoms with E-state index in [9.17, 15) is 14.9 Å². The Morgan fingerprint density at radius 3 is 2.68 bits per heavy atom. The van der Waals surface area contributed by atoms with E-state index < -0.39 is 4.92 Å². The number of hydrogen-bond acceptors (Lipinski definition) is 5. The Kier molecular flexibility index (Phi) is 5.44. The summed E-state index contributed by atoms with van der Waals surface area (Å²) in [6, 6.07) is 4.28. The fraction of sp³-hybridized carbons (Fsp3) is 0.462. The molecule has 0 aliphatic carbocycles. The molecule has 6 nitrogen and oxygen atoms in total. The van der Waals surface area contributed by atoms with Crippen LogP contribution in [0.3, 0.4) is 0 Å². The number of carbonyl (C=O) groups excluding carboxylic acids is 1. The summed E-state index contributed by atoms with van der Waals surface area (Å²) in [5.74, 6) is 0.0957. The molecule has 0 amide bonds. The number of rotatable bonds is 7. The standard InChI is InChI=1S/C13H17NO5/c1-9(16)10(5-6-15)7-11-8-12(14(17)18)3-4-13(11)19-2/h3-4,8,10,15H,5-7H2,1-2H3. The van der Waals surface area contributed by atoms with Crippen LogP contribution in [-0.2, 0) is 11.2 Å². The summed E-state index contributed by atoms with van der Waals surface area (Å²) in [6.45, 7) is 1.35.